The molecule has 3 nitrogen and oxygen atoms in total. The van der Waals surface area contributed by atoms with Crippen LogP contribution < -0.4 is 0 Å². The van der Waals surface area contributed by atoms with E-state index in [0.29, 0.717) is 5.57 Å². The first-order valence-corrected chi connectivity index (χ1v) is 3.47. The molecule has 0 saturated carbocycles. The number of hydrogen-bond acceptors (Lipinski definition) is 3. The van der Waals surface area contributed by atoms with Gasteiger partial charge in [-0.2, -0.15) is 0 Å². The van der Waals surface area contributed by atoms with Crippen molar-refractivity contribution in [3.8, 4) is 0 Å². The quantitative estimate of drug-likeness (QED) is 0.387. The van der Waals surface area contributed by atoms with E-state index in [1.807, 2.05) is 0 Å². The lowest BCUT2D eigenvalue weighted by atomic mass is 9.96. The minimum absolute atomic E-state index is 0.271. The molecule has 1 aliphatic rings. The molecule has 1 atom stereocenters. The van der Waals surface area contributed by atoms with E-state index in [0.717, 1.165) is 5.57 Å². The summed E-state index contributed by atoms with van der Waals surface area (Å²) in [5.41, 5.74) is 1.36. The smallest absolute Gasteiger partial charge is 0.341 e. The summed E-state index contributed by atoms with van der Waals surface area (Å²) in [6.07, 6.45) is 0. The van der Waals surface area contributed by atoms with Crippen molar-refractivity contribution in [1.29, 1.82) is 0 Å². The van der Waals surface area contributed by atoms with Gasteiger partial charge in [0.05, 0.1) is 5.92 Å². The van der Waals surface area contributed by atoms with Gasteiger partial charge in [0.25, 0.3) is 0 Å². The van der Waals surface area contributed by atoms with Crippen LogP contribution in [0.4, 0.5) is 0 Å². The normalized spacial score (nSPS) is 25.5. The van der Waals surface area contributed by atoms with Crippen molar-refractivity contribution in [3.05, 3.63) is 11.1 Å². The highest BCUT2D eigenvalue weighted by Gasteiger charge is 2.28. The Balaban J connectivity index is 3.08. The predicted octanol–water partition coefficient (Wildman–Crippen LogP) is 1.04. The molecule has 1 unspecified atom stereocenters. The molecule has 0 fully saturated rings. The van der Waals surface area contributed by atoms with Crippen LogP contribution in [0.25, 0.3) is 0 Å². The lowest BCUT2D eigenvalue weighted by Crippen LogP contribution is -2.27. The SMILES string of the molecule is CC1=C(C)C(C)C(=O)OC1=O. The fourth-order valence-corrected chi connectivity index (χ4v) is 0.919. The van der Waals surface area contributed by atoms with Crippen LogP contribution in [-0.2, 0) is 14.3 Å². The molecule has 0 bridgehead atoms. The Hall–Kier alpha value is -1.12. The van der Waals surface area contributed by atoms with Gasteiger partial charge < -0.3 is 4.74 Å². The van der Waals surface area contributed by atoms with Gasteiger partial charge in [0, 0.05) is 5.57 Å². The Morgan fingerprint density at radius 1 is 1.27 bits per heavy atom. The molecular weight excluding hydrogens is 144 g/mol. The van der Waals surface area contributed by atoms with Crippen LogP contribution in [0.5, 0.6) is 0 Å². The average molecular weight is 154 g/mol. The number of ether oxygens (including phenoxy) is 1. The van der Waals surface area contributed by atoms with Gasteiger partial charge >= 0.3 is 11.9 Å². The molecule has 60 valence electrons. The molecule has 0 N–H and O–H groups in total. The van der Waals surface area contributed by atoms with E-state index in [1.54, 1.807) is 20.8 Å². The van der Waals surface area contributed by atoms with Gasteiger partial charge in [-0.3, -0.25) is 4.79 Å². The van der Waals surface area contributed by atoms with Crippen molar-refractivity contribution in [2.24, 2.45) is 5.92 Å². The zero-order valence-corrected chi connectivity index (χ0v) is 6.80. The Labute approximate surface area is 65.0 Å². The van der Waals surface area contributed by atoms with Gasteiger partial charge in [-0.25, -0.2) is 4.79 Å². The lowest BCUT2D eigenvalue weighted by Gasteiger charge is -2.18. The van der Waals surface area contributed by atoms with Gasteiger partial charge in [-0.15, -0.1) is 0 Å². The zero-order chi connectivity index (χ0) is 8.59. The number of cyclic esters (lactones) is 2. The second-order valence-corrected chi connectivity index (χ2v) is 2.74. The standard InChI is InChI=1S/C8H10O3/c1-4-5(2)7(9)11-8(10)6(4)3/h5H,1-3H3. The van der Waals surface area contributed by atoms with Crippen LogP contribution in [0, 0.1) is 5.92 Å². The van der Waals surface area contributed by atoms with Crippen molar-refractivity contribution >= 4 is 11.9 Å². The Kier molecular flexibility index (Phi) is 1.81. The van der Waals surface area contributed by atoms with Crippen LogP contribution >= 0.6 is 0 Å². The number of carbonyl (C=O) groups is 2. The third-order valence-electron chi connectivity index (χ3n) is 2.09. The highest BCUT2D eigenvalue weighted by molar-refractivity contribution is 6.01. The molecule has 0 amide bonds. The summed E-state index contributed by atoms with van der Waals surface area (Å²) in [6, 6.07) is 0. The Morgan fingerprint density at radius 3 is 2.36 bits per heavy atom. The Bertz CT molecular complexity index is 250. The molecule has 1 rings (SSSR count). The van der Waals surface area contributed by atoms with Crippen LogP contribution in [0.15, 0.2) is 11.1 Å². The Morgan fingerprint density at radius 2 is 1.82 bits per heavy atom. The molecule has 0 spiro atoms. The maximum atomic E-state index is 10.9. The first-order valence-electron chi connectivity index (χ1n) is 3.47. The molecule has 0 radical (unpaired) electrons. The molecule has 0 aliphatic carbocycles. The number of carbonyl (C=O) groups excluding carboxylic acids is 2. The van der Waals surface area contributed by atoms with Crippen molar-refractivity contribution < 1.29 is 14.3 Å². The fraction of sp³-hybridized carbons (Fsp3) is 0.500. The topological polar surface area (TPSA) is 43.4 Å². The third-order valence-corrected chi connectivity index (χ3v) is 2.09. The van der Waals surface area contributed by atoms with Gasteiger partial charge in [0.2, 0.25) is 0 Å². The highest BCUT2D eigenvalue weighted by atomic mass is 16.6. The molecule has 3 heteroatoms. The van der Waals surface area contributed by atoms with Crippen LogP contribution in [0.1, 0.15) is 20.8 Å². The zero-order valence-electron chi connectivity index (χ0n) is 6.80. The maximum Gasteiger partial charge on any atom is 0.341 e. The summed E-state index contributed by atoms with van der Waals surface area (Å²) < 4.78 is 4.45. The lowest BCUT2D eigenvalue weighted by molar-refractivity contribution is -0.160. The largest absolute Gasteiger partial charge is 0.389 e. The summed E-state index contributed by atoms with van der Waals surface area (Å²) in [5.74, 6) is -1.23. The second-order valence-electron chi connectivity index (χ2n) is 2.74. The highest BCUT2D eigenvalue weighted by Crippen LogP contribution is 2.22. The number of hydrogen-bond donors (Lipinski definition) is 0. The van der Waals surface area contributed by atoms with E-state index in [-0.39, 0.29) is 5.92 Å². The van der Waals surface area contributed by atoms with Gasteiger partial charge in [0.15, 0.2) is 0 Å². The second kappa shape index (κ2) is 2.49. The summed E-state index contributed by atoms with van der Waals surface area (Å²) in [6.45, 7) is 5.17. The van der Waals surface area contributed by atoms with Crippen molar-refractivity contribution in [1.82, 2.24) is 0 Å². The molecule has 1 heterocycles. The van der Waals surface area contributed by atoms with Crippen molar-refractivity contribution in [3.63, 3.8) is 0 Å². The van der Waals surface area contributed by atoms with E-state index >= 15 is 0 Å². The molecule has 0 saturated heterocycles. The van der Waals surface area contributed by atoms with E-state index in [1.165, 1.54) is 0 Å². The van der Waals surface area contributed by atoms with Gasteiger partial charge in [0.1, 0.15) is 0 Å². The first-order chi connectivity index (χ1) is 5.04. The van der Waals surface area contributed by atoms with E-state index < -0.39 is 11.9 Å². The molecule has 0 aromatic rings. The van der Waals surface area contributed by atoms with Gasteiger partial charge in [-0.1, -0.05) is 0 Å². The monoisotopic (exact) mass is 154 g/mol. The van der Waals surface area contributed by atoms with Gasteiger partial charge in [-0.05, 0) is 26.3 Å². The first kappa shape index (κ1) is 7.98. The van der Waals surface area contributed by atoms with E-state index in [9.17, 15) is 9.59 Å². The minimum atomic E-state index is -0.509. The summed E-state index contributed by atoms with van der Waals surface area (Å²) in [5, 5.41) is 0. The summed E-state index contributed by atoms with van der Waals surface area (Å²) in [4.78, 5) is 21.7. The molecule has 0 aromatic carbocycles. The molecular formula is C8H10O3. The fourth-order valence-electron chi connectivity index (χ4n) is 0.919. The third kappa shape index (κ3) is 1.18. The molecule has 11 heavy (non-hydrogen) atoms. The summed E-state index contributed by atoms with van der Waals surface area (Å²) >= 11 is 0. The van der Waals surface area contributed by atoms with Crippen molar-refractivity contribution in [2.45, 2.75) is 20.8 Å². The maximum absolute atomic E-state index is 10.9. The van der Waals surface area contributed by atoms with Crippen molar-refractivity contribution in [2.75, 3.05) is 0 Å². The van der Waals surface area contributed by atoms with Crippen LogP contribution in [0.3, 0.4) is 0 Å². The van der Waals surface area contributed by atoms with E-state index in [2.05, 4.69) is 4.74 Å². The molecule has 1 aliphatic heterocycles. The van der Waals surface area contributed by atoms with Crippen LogP contribution in [0.2, 0.25) is 0 Å². The summed E-state index contributed by atoms with van der Waals surface area (Å²) in [7, 11) is 0. The number of esters is 2. The van der Waals surface area contributed by atoms with Crippen LogP contribution in [-0.4, -0.2) is 11.9 Å². The van der Waals surface area contributed by atoms with E-state index in [4.69, 9.17) is 0 Å². The number of rotatable bonds is 0. The molecule has 0 aromatic heterocycles. The average Bonchev–Trinajstić information content (AvgIpc) is 1.97. The minimum Gasteiger partial charge on any atom is -0.389 e. The predicted molar refractivity (Wildman–Crippen MR) is 38.6 cm³/mol.